The molecule has 2 rings (SSSR count). The van der Waals surface area contributed by atoms with Crippen LogP contribution in [0.1, 0.15) is 30.9 Å². The third kappa shape index (κ3) is 2.74. The Balaban J connectivity index is 1.91. The van der Waals surface area contributed by atoms with Gasteiger partial charge in [-0.1, -0.05) is 12.1 Å². The molecule has 88 valence electrons. The van der Waals surface area contributed by atoms with Gasteiger partial charge in [-0.3, -0.25) is 0 Å². The minimum absolute atomic E-state index is 0.149. The number of phenols is 1. The number of aromatic hydroxyl groups is 1. The van der Waals surface area contributed by atoms with Gasteiger partial charge in [-0.15, -0.1) is 0 Å². The fourth-order valence-electron chi connectivity index (χ4n) is 2.17. The molecule has 1 aliphatic heterocycles. The van der Waals surface area contributed by atoms with E-state index in [0.29, 0.717) is 5.92 Å². The van der Waals surface area contributed by atoms with Gasteiger partial charge in [0.2, 0.25) is 0 Å². The van der Waals surface area contributed by atoms with Crippen LogP contribution in [-0.2, 0) is 4.74 Å². The fraction of sp³-hybridized carbons (Fsp3) is 0.538. The molecular formula is C13H18O3. The highest BCUT2D eigenvalue weighted by Gasteiger charge is 2.22. The Labute approximate surface area is 95.7 Å². The van der Waals surface area contributed by atoms with Crippen molar-refractivity contribution in [3.63, 3.8) is 0 Å². The number of aliphatic hydroxyl groups excluding tert-OH is 1. The van der Waals surface area contributed by atoms with Crippen molar-refractivity contribution in [2.75, 3.05) is 13.2 Å². The molecule has 2 atom stereocenters. The van der Waals surface area contributed by atoms with Crippen molar-refractivity contribution in [3.8, 4) is 5.75 Å². The summed E-state index contributed by atoms with van der Waals surface area (Å²) in [6.45, 7) is 0.976. The zero-order valence-electron chi connectivity index (χ0n) is 9.30. The summed E-state index contributed by atoms with van der Waals surface area (Å²) in [5.41, 5.74) is 1.13. The Morgan fingerprint density at radius 3 is 2.50 bits per heavy atom. The summed E-state index contributed by atoms with van der Waals surface area (Å²) in [4.78, 5) is 0. The van der Waals surface area contributed by atoms with Crippen molar-refractivity contribution in [1.82, 2.24) is 0 Å². The molecule has 2 unspecified atom stereocenters. The number of hydrogen-bond donors (Lipinski definition) is 2. The van der Waals surface area contributed by atoms with E-state index in [0.717, 1.165) is 31.4 Å². The smallest absolute Gasteiger partial charge is 0.115 e. The second kappa shape index (κ2) is 5.32. The van der Waals surface area contributed by atoms with Crippen LogP contribution in [0.15, 0.2) is 24.3 Å². The lowest BCUT2D eigenvalue weighted by atomic mass is 9.93. The molecule has 0 aromatic heterocycles. The van der Waals surface area contributed by atoms with Gasteiger partial charge in [0, 0.05) is 6.61 Å². The summed E-state index contributed by atoms with van der Waals surface area (Å²) in [6.07, 6.45) is 3.08. The van der Waals surface area contributed by atoms with Gasteiger partial charge in [0.1, 0.15) is 5.75 Å². The Kier molecular flexibility index (Phi) is 3.80. The molecule has 3 nitrogen and oxygen atoms in total. The number of benzene rings is 1. The van der Waals surface area contributed by atoms with Gasteiger partial charge in [-0.2, -0.15) is 0 Å². The third-order valence-corrected chi connectivity index (χ3v) is 3.17. The van der Waals surface area contributed by atoms with Gasteiger partial charge in [-0.05, 0) is 42.9 Å². The molecular weight excluding hydrogens is 204 g/mol. The average molecular weight is 222 g/mol. The van der Waals surface area contributed by atoms with E-state index in [9.17, 15) is 5.11 Å². The highest BCUT2D eigenvalue weighted by Crippen LogP contribution is 2.32. The third-order valence-electron chi connectivity index (χ3n) is 3.17. The molecule has 3 heteroatoms. The van der Waals surface area contributed by atoms with Crippen molar-refractivity contribution in [3.05, 3.63) is 29.8 Å². The normalized spacial score (nSPS) is 25.6. The lowest BCUT2D eigenvalue weighted by Gasteiger charge is -2.29. The molecule has 16 heavy (non-hydrogen) atoms. The van der Waals surface area contributed by atoms with E-state index in [1.54, 1.807) is 12.1 Å². The van der Waals surface area contributed by atoms with Crippen LogP contribution in [-0.4, -0.2) is 23.4 Å². The molecule has 1 fully saturated rings. The van der Waals surface area contributed by atoms with Crippen molar-refractivity contribution in [1.29, 1.82) is 0 Å². The average Bonchev–Trinajstić information content (AvgIpc) is 2.32. The van der Waals surface area contributed by atoms with Crippen LogP contribution in [0.25, 0.3) is 0 Å². The first kappa shape index (κ1) is 11.4. The maximum Gasteiger partial charge on any atom is 0.115 e. The molecule has 1 heterocycles. The van der Waals surface area contributed by atoms with E-state index in [2.05, 4.69) is 0 Å². The highest BCUT2D eigenvalue weighted by atomic mass is 16.5. The Morgan fingerprint density at radius 1 is 1.19 bits per heavy atom. The first-order valence-electron chi connectivity index (χ1n) is 5.81. The van der Waals surface area contributed by atoms with Crippen LogP contribution in [0, 0.1) is 5.92 Å². The minimum atomic E-state index is 0.149. The molecule has 2 N–H and O–H groups in total. The summed E-state index contributed by atoms with van der Waals surface area (Å²) >= 11 is 0. The molecule has 1 aromatic rings. The Bertz CT molecular complexity index is 312. The number of ether oxygens (including phenoxy) is 1. The summed E-state index contributed by atoms with van der Waals surface area (Å²) < 4.78 is 5.78. The predicted octanol–water partition coefficient (Wildman–Crippen LogP) is 2.24. The minimum Gasteiger partial charge on any atom is -0.508 e. The molecule has 0 bridgehead atoms. The zero-order chi connectivity index (χ0) is 11.4. The van der Waals surface area contributed by atoms with Gasteiger partial charge in [0.05, 0.1) is 12.7 Å². The van der Waals surface area contributed by atoms with Crippen LogP contribution in [0.4, 0.5) is 0 Å². The van der Waals surface area contributed by atoms with Crippen molar-refractivity contribution in [2.24, 2.45) is 5.92 Å². The van der Waals surface area contributed by atoms with Crippen LogP contribution < -0.4 is 0 Å². The van der Waals surface area contributed by atoms with Gasteiger partial charge >= 0.3 is 0 Å². The number of phenolic OH excluding ortho intramolecular Hbond substituents is 1. The molecule has 1 saturated heterocycles. The lowest BCUT2D eigenvalue weighted by Crippen LogP contribution is -2.21. The molecule has 0 amide bonds. The monoisotopic (exact) mass is 222 g/mol. The van der Waals surface area contributed by atoms with Gasteiger partial charge in [0.25, 0.3) is 0 Å². The first-order valence-corrected chi connectivity index (χ1v) is 5.81. The van der Waals surface area contributed by atoms with Gasteiger partial charge in [-0.25, -0.2) is 0 Å². The van der Waals surface area contributed by atoms with E-state index in [4.69, 9.17) is 9.84 Å². The fourth-order valence-corrected chi connectivity index (χ4v) is 2.17. The molecule has 0 saturated carbocycles. The van der Waals surface area contributed by atoms with E-state index < -0.39 is 0 Å². The maximum atomic E-state index is 9.20. The summed E-state index contributed by atoms with van der Waals surface area (Å²) in [6, 6.07) is 7.20. The Morgan fingerprint density at radius 2 is 1.94 bits per heavy atom. The SMILES string of the molecule is OCCC1CCC(c2ccc(O)cc2)OC1. The second-order valence-corrected chi connectivity index (χ2v) is 4.37. The Hall–Kier alpha value is -1.06. The zero-order valence-corrected chi connectivity index (χ0v) is 9.30. The van der Waals surface area contributed by atoms with Crippen LogP contribution in [0.2, 0.25) is 0 Å². The molecule has 1 aromatic carbocycles. The number of aliphatic hydroxyl groups is 1. The van der Waals surface area contributed by atoms with Gasteiger partial charge < -0.3 is 14.9 Å². The van der Waals surface area contributed by atoms with E-state index in [-0.39, 0.29) is 18.5 Å². The number of hydrogen-bond acceptors (Lipinski definition) is 3. The predicted molar refractivity (Wildman–Crippen MR) is 61.2 cm³/mol. The maximum absolute atomic E-state index is 9.20. The summed E-state index contributed by atoms with van der Waals surface area (Å²) in [5, 5.41) is 18.0. The largest absolute Gasteiger partial charge is 0.508 e. The van der Waals surface area contributed by atoms with Crippen LogP contribution in [0.3, 0.4) is 0 Å². The number of rotatable bonds is 3. The first-order chi connectivity index (χ1) is 7.79. The summed E-state index contributed by atoms with van der Waals surface area (Å²) in [7, 11) is 0. The second-order valence-electron chi connectivity index (χ2n) is 4.37. The highest BCUT2D eigenvalue weighted by molar-refractivity contribution is 5.27. The standard InChI is InChI=1S/C13H18O3/c14-8-7-10-1-6-13(16-9-10)11-2-4-12(15)5-3-11/h2-5,10,13-15H,1,6-9H2. The van der Waals surface area contributed by atoms with Gasteiger partial charge in [0.15, 0.2) is 0 Å². The quantitative estimate of drug-likeness (QED) is 0.824. The van der Waals surface area contributed by atoms with Crippen LogP contribution >= 0.6 is 0 Å². The molecule has 0 spiro atoms. The van der Waals surface area contributed by atoms with Crippen molar-refractivity contribution >= 4 is 0 Å². The van der Waals surface area contributed by atoms with E-state index >= 15 is 0 Å². The van der Waals surface area contributed by atoms with E-state index in [1.807, 2.05) is 12.1 Å². The molecule has 0 aliphatic carbocycles. The van der Waals surface area contributed by atoms with E-state index in [1.165, 1.54) is 0 Å². The van der Waals surface area contributed by atoms with Crippen LogP contribution in [0.5, 0.6) is 5.75 Å². The lowest BCUT2D eigenvalue weighted by molar-refractivity contribution is -0.0228. The molecule has 1 aliphatic rings. The summed E-state index contributed by atoms with van der Waals surface area (Å²) in [5.74, 6) is 0.788. The van der Waals surface area contributed by atoms with Crippen molar-refractivity contribution in [2.45, 2.75) is 25.4 Å². The van der Waals surface area contributed by atoms with Crippen molar-refractivity contribution < 1.29 is 14.9 Å². The molecule has 0 radical (unpaired) electrons. The topological polar surface area (TPSA) is 49.7 Å².